The lowest BCUT2D eigenvalue weighted by Gasteiger charge is -1.97. The van der Waals surface area contributed by atoms with E-state index in [4.69, 9.17) is 4.89 Å². The summed E-state index contributed by atoms with van der Waals surface area (Å²) in [4.78, 5) is 8.16. The molecule has 0 aromatic heterocycles. The van der Waals surface area contributed by atoms with Gasteiger partial charge in [0.15, 0.2) is 0 Å². The lowest BCUT2D eigenvalue weighted by Crippen LogP contribution is -1.81. The molecule has 0 aliphatic heterocycles. The van der Waals surface area contributed by atoms with Gasteiger partial charge in [0.25, 0.3) is 0 Å². The first-order valence-corrected chi connectivity index (χ1v) is 7.39. The second kappa shape index (κ2) is 7.61. The van der Waals surface area contributed by atoms with Crippen LogP contribution in [0.2, 0.25) is 0 Å². The Morgan fingerprint density at radius 2 is 1.38 bits per heavy atom. The average Bonchev–Trinajstić information content (AvgIpc) is 2.29. The van der Waals surface area contributed by atoms with Gasteiger partial charge in [-0.15, -0.1) is 0 Å². The Labute approximate surface area is 98.0 Å². The van der Waals surface area contributed by atoms with E-state index in [1.54, 1.807) is 0 Å². The molecule has 3 nitrogen and oxygen atoms in total. The van der Waals surface area contributed by atoms with Gasteiger partial charge in [-0.3, -0.25) is 4.57 Å². The quantitative estimate of drug-likeness (QED) is 0.830. The highest BCUT2D eigenvalue weighted by molar-refractivity contribution is 7.51. The van der Waals surface area contributed by atoms with E-state index in [-0.39, 0.29) is 0 Å². The number of benzene rings is 1. The van der Waals surface area contributed by atoms with Crippen molar-refractivity contribution in [2.24, 2.45) is 0 Å². The minimum atomic E-state index is -3.15. The molecule has 0 spiro atoms. The van der Waals surface area contributed by atoms with Gasteiger partial charge >= 0.3 is 7.60 Å². The SMILES string of the molecule is CCc1ccc(CC)cc1.COP(C)(=O)O. The second-order valence-electron chi connectivity index (χ2n) is 3.51. The molecule has 4 heteroatoms. The molecule has 0 aliphatic carbocycles. The molecule has 1 atom stereocenters. The Balaban J connectivity index is 0.000000325. The molecular formula is C12H21O3P. The van der Waals surface area contributed by atoms with Crippen molar-refractivity contribution in [2.75, 3.05) is 13.8 Å². The normalized spacial score (nSPS) is 13.6. The van der Waals surface area contributed by atoms with Crippen molar-refractivity contribution in [3.63, 3.8) is 0 Å². The first kappa shape index (κ1) is 15.4. The van der Waals surface area contributed by atoms with Gasteiger partial charge in [-0.05, 0) is 24.0 Å². The van der Waals surface area contributed by atoms with E-state index in [9.17, 15) is 4.57 Å². The highest BCUT2D eigenvalue weighted by atomic mass is 31.2. The summed E-state index contributed by atoms with van der Waals surface area (Å²) in [5.41, 5.74) is 2.86. The summed E-state index contributed by atoms with van der Waals surface area (Å²) in [7, 11) is -1.95. The summed E-state index contributed by atoms with van der Waals surface area (Å²) >= 11 is 0. The zero-order valence-electron chi connectivity index (χ0n) is 10.4. The van der Waals surface area contributed by atoms with E-state index in [1.165, 1.54) is 18.2 Å². The fourth-order valence-electron chi connectivity index (χ4n) is 1.01. The van der Waals surface area contributed by atoms with E-state index >= 15 is 0 Å². The second-order valence-corrected chi connectivity index (χ2v) is 5.48. The minimum absolute atomic E-state index is 1.13. The minimum Gasteiger partial charge on any atom is -0.324 e. The summed E-state index contributed by atoms with van der Waals surface area (Å²) in [6.45, 7) is 5.49. The molecule has 1 rings (SSSR count). The van der Waals surface area contributed by atoms with Crippen molar-refractivity contribution in [3.8, 4) is 0 Å². The van der Waals surface area contributed by atoms with Crippen molar-refractivity contribution in [1.29, 1.82) is 0 Å². The first-order chi connectivity index (χ1) is 7.42. The van der Waals surface area contributed by atoms with Crippen LogP contribution in [-0.4, -0.2) is 18.7 Å². The van der Waals surface area contributed by atoms with Gasteiger partial charge in [0, 0.05) is 13.8 Å². The fraction of sp³-hybridized carbons (Fsp3) is 0.500. The highest BCUT2D eigenvalue weighted by Gasteiger charge is 2.02. The Bertz CT molecular complexity index is 304. The number of rotatable bonds is 3. The Morgan fingerprint density at radius 1 is 1.12 bits per heavy atom. The van der Waals surface area contributed by atoms with E-state index < -0.39 is 7.60 Å². The third-order valence-electron chi connectivity index (χ3n) is 2.18. The molecular weight excluding hydrogens is 223 g/mol. The van der Waals surface area contributed by atoms with E-state index in [2.05, 4.69) is 42.6 Å². The Kier molecular flexibility index (Phi) is 7.31. The molecule has 1 aromatic rings. The summed E-state index contributed by atoms with van der Waals surface area (Å²) in [6.07, 6.45) is 2.29. The average molecular weight is 244 g/mol. The molecule has 1 aromatic carbocycles. The summed E-state index contributed by atoms with van der Waals surface area (Å²) in [5.74, 6) is 0. The third-order valence-corrected chi connectivity index (χ3v) is 2.86. The van der Waals surface area contributed by atoms with E-state index in [1.807, 2.05) is 0 Å². The Morgan fingerprint density at radius 3 is 1.50 bits per heavy atom. The summed E-state index contributed by atoms with van der Waals surface area (Å²) in [6, 6.07) is 8.83. The molecule has 0 radical (unpaired) electrons. The van der Waals surface area contributed by atoms with Crippen LogP contribution in [0.15, 0.2) is 24.3 Å². The molecule has 0 bridgehead atoms. The van der Waals surface area contributed by atoms with Crippen LogP contribution in [-0.2, 0) is 21.9 Å². The Hall–Kier alpha value is -0.630. The van der Waals surface area contributed by atoms with Crippen LogP contribution >= 0.6 is 7.60 Å². The smallest absolute Gasteiger partial charge is 0.324 e. The van der Waals surface area contributed by atoms with Crippen LogP contribution in [0.1, 0.15) is 25.0 Å². The molecule has 0 aliphatic rings. The van der Waals surface area contributed by atoms with Gasteiger partial charge in [-0.25, -0.2) is 0 Å². The first-order valence-electron chi connectivity index (χ1n) is 5.36. The van der Waals surface area contributed by atoms with Crippen LogP contribution < -0.4 is 0 Å². The van der Waals surface area contributed by atoms with Gasteiger partial charge < -0.3 is 9.42 Å². The lowest BCUT2D eigenvalue weighted by atomic mass is 10.1. The van der Waals surface area contributed by atoms with Gasteiger partial charge in [-0.1, -0.05) is 38.1 Å². The molecule has 16 heavy (non-hydrogen) atoms. The zero-order valence-corrected chi connectivity index (χ0v) is 11.3. The monoisotopic (exact) mass is 244 g/mol. The number of hydrogen-bond donors (Lipinski definition) is 1. The van der Waals surface area contributed by atoms with Crippen LogP contribution in [0.5, 0.6) is 0 Å². The fourth-order valence-corrected chi connectivity index (χ4v) is 1.01. The standard InChI is InChI=1S/C10H14.C2H7O3P/c1-3-9-5-7-10(4-2)8-6-9;1-5-6(2,3)4/h5-8H,3-4H2,1-2H3;1-2H3,(H,3,4). The molecule has 0 heterocycles. The topological polar surface area (TPSA) is 46.5 Å². The molecule has 0 saturated carbocycles. The van der Waals surface area contributed by atoms with Crippen molar-refractivity contribution in [3.05, 3.63) is 35.4 Å². The van der Waals surface area contributed by atoms with E-state index in [0.29, 0.717) is 0 Å². The van der Waals surface area contributed by atoms with Crippen LogP contribution in [0.3, 0.4) is 0 Å². The van der Waals surface area contributed by atoms with Crippen molar-refractivity contribution >= 4 is 7.60 Å². The van der Waals surface area contributed by atoms with Crippen molar-refractivity contribution < 1.29 is 14.0 Å². The predicted octanol–water partition coefficient (Wildman–Crippen LogP) is 3.26. The van der Waals surface area contributed by atoms with Gasteiger partial charge in [-0.2, -0.15) is 0 Å². The van der Waals surface area contributed by atoms with Crippen molar-refractivity contribution in [1.82, 2.24) is 0 Å². The maximum absolute atomic E-state index is 9.92. The number of hydrogen-bond acceptors (Lipinski definition) is 2. The third kappa shape index (κ3) is 7.63. The lowest BCUT2D eigenvalue weighted by molar-refractivity contribution is 0.322. The van der Waals surface area contributed by atoms with E-state index in [0.717, 1.165) is 19.5 Å². The van der Waals surface area contributed by atoms with Crippen LogP contribution in [0, 0.1) is 0 Å². The largest absolute Gasteiger partial charge is 0.324 e. The van der Waals surface area contributed by atoms with Crippen LogP contribution in [0.4, 0.5) is 0 Å². The maximum Gasteiger partial charge on any atom is 0.324 e. The summed E-state index contributed by atoms with van der Waals surface area (Å²) < 4.78 is 14.0. The molecule has 0 saturated heterocycles. The molecule has 1 unspecified atom stereocenters. The van der Waals surface area contributed by atoms with Gasteiger partial charge in [0.05, 0.1) is 0 Å². The summed E-state index contributed by atoms with van der Waals surface area (Å²) in [5, 5.41) is 0. The molecule has 0 fully saturated rings. The highest BCUT2D eigenvalue weighted by Crippen LogP contribution is 2.34. The predicted molar refractivity (Wildman–Crippen MR) is 68.0 cm³/mol. The molecule has 92 valence electrons. The van der Waals surface area contributed by atoms with Gasteiger partial charge in [0.1, 0.15) is 0 Å². The van der Waals surface area contributed by atoms with Gasteiger partial charge in [0.2, 0.25) is 0 Å². The molecule has 0 amide bonds. The zero-order chi connectivity index (χ0) is 12.6. The molecule has 1 N–H and O–H groups in total. The van der Waals surface area contributed by atoms with Crippen molar-refractivity contribution in [2.45, 2.75) is 26.7 Å². The number of aryl methyl sites for hydroxylation is 2. The van der Waals surface area contributed by atoms with Crippen LogP contribution in [0.25, 0.3) is 0 Å². The maximum atomic E-state index is 9.92.